The number of ether oxygens (including phenoxy) is 2. The molecule has 2 aromatic rings. The first-order chi connectivity index (χ1) is 12.9. The number of aromatic nitrogens is 4. The Morgan fingerprint density at radius 2 is 2.04 bits per heavy atom. The average Bonchev–Trinajstić information content (AvgIpc) is 2.97. The summed E-state index contributed by atoms with van der Waals surface area (Å²) in [5.74, 6) is -0.109. The van der Waals surface area contributed by atoms with Gasteiger partial charge in [-0.25, -0.2) is 9.67 Å². The van der Waals surface area contributed by atoms with E-state index < -0.39 is 4.92 Å². The second-order valence-electron chi connectivity index (χ2n) is 6.24. The Labute approximate surface area is 155 Å². The fourth-order valence-corrected chi connectivity index (χ4v) is 3.09. The molecular weight excluding hydrogens is 356 g/mol. The normalized spacial score (nSPS) is 14.9. The molecule has 0 amide bonds. The Morgan fingerprint density at radius 3 is 2.59 bits per heavy atom. The van der Waals surface area contributed by atoms with Gasteiger partial charge in [-0.1, -0.05) is 0 Å². The number of methoxy groups -OCH3 is 1. The number of nitrogens with zero attached hydrogens (tertiary/aromatic N) is 6. The molecule has 0 aromatic carbocycles. The molecule has 1 saturated heterocycles. The van der Waals surface area contributed by atoms with Gasteiger partial charge in [0.05, 0.1) is 23.6 Å². The van der Waals surface area contributed by atoms with E-state index in [4.69, 9.17) is 9.47 Å². The van der Waals surface area contributed by atoms with E-state index in [0.29, 0.717) is 37.5 Å². The van der Waals surface area contributed by atoms with Gasteiger partial charge in [0.1, 0.15) is 6.33 Å². The largest absolute Gasteiger partial charge is 0.469 e. The molecule has 27 heavy (non-hydrogen) atoms. The number of piperidine rings is 1. The van der Waals surface area contributed by atoms with Crippen LogP contribution in [0.25, 0.3) is 0 Å². The molecule has 0 atom stereocenters. The highest BCUT2D eigenvalue weighted by molar-refractivity contribution is 5.73. The highest BCUT2D eigenvalue weighted by atomic mass is 16.6. The van der Waals surface area contributed by atoms with Gasteiger partial charge in [0.2, 0.25) is 11.7 Å². The zero-order chi connectivity index (χ0) is 19.6. The van der Waals surface area contributed by atoms with Gasteiger partial charge in [0, 0.05) is 26.2 Å². The van der Waals surface area contributed by atoms with Crippen LogP contribution in [0.4, 0.5) is 11.5 Å². The van der Waals surface area contributed by atoms with Gasteiger partial charge in [0.15, 0.2) is 0 Å². The fraction of sp³-hybridized carbons (Fsp3) is 0.500. The molecule has 1 aliphatic rings. The molecule has 3 rings (SSSR count). The van der Waals surface area contributed by atoms with E-state index >= 15 is 0 Å². The van der Waals surface area contributed by atoms with Crippen molar-refractivity contribution in [2.24, 2.45) is 13.0 Å². The zero-order valence-electron chi connectivity index (χ0n) is 15.3. The summed E-state index contributed by atoms with van der Waals surface area (Å²) in [5, 5.41) is 15.9. The third-order valence-electron chi connectivity index (χ3n) is 4.44. The maximum atomic E-state index is 11.7. The van der Waals surface area contributed by atoms with Crippen molar-refractivity contribution in [3.8, 4) is 11.8 Å². The standard InChI is InChI=1S/C16H20N6O5/c1-10-8-12(20(2)19-10)27-15-13(22(24)25)14(17-9-18-15)21-6-4-11(5-7-21)16(23)26-3/h8-9,11H,4-7H2,1-3H3. The molecule has 0 bridgehead atoms. The van der Waals surface area contributed by atoms with Crippen molar-refractivity contribution in [3.05, 3.63) is 28.2 Å². The summed E-state index contributed by atoms with van der Waals surface area (Å²) in [6.07, 6.45) is 2.29. The van der Waals surface area contributed by atoms with Crippen LogP contribution >= 0.6 is 0 Å². The molecule has 1 fully saturated rings. The van der Waals surface area contributed by atoms with E-state index in [2.05, 4.69) is 15.1 Å². The first-order valence-corrected chi connectivity index (χ1v) is 8.41. The molecule has 0 unspecified atom stereocenters. The van der Waals surface area contributed by atoms with Crippen molar-refractivity contribution in [1.82, 2.24) is 19.7 Å². The number of anilines is 1. The predicted octanol–water partition coefficient (Wildman–Crippen LogP) is 1.61. The summed E-state index contributed by atoms with van der Waals surface area (Å²) < 4.78 is 11.9. The summed E-state index contributed by atoms with van der Waals surface area (Å²) in [5.41, 5.74) is 0.405. The molecule has 144 valence electrons. The lowest BCUT2D eigenvalue weighted by Gasteiger charge is -2.31. The van der Waals surface area contributed by atoms with Crippen LogP contribution < -0.4 is 9.64 Å². The second-order valence-corrected chi connectivity index (χ2v) is 6.24. The first-order valence-electron chi connectivity index (χ1n) is 8.41. The van der Waals surface area contributed by atoms with Crippen molar-refractivity contribution in [3.63, 3.8) is 0 Å². The number of hydrogen-bond acceptors (Lipinski definition) is 9. The quantitative estimate of drug-likeness (QED) is 0.434. The van der Waals surface area contributed by atoms with Crippen LogP contribution in [0.1, 0.15) is 18.5 Å². The number of aryl methyl sites for hydroxylation is 2. The van der Waals surface area contributed by atoms with E-state index in [9.17, 15) is 14.9 Å². The minimum atomic E-state index is -0.555. The molecule has 1 aliphatic heterocycles. The zero-order valence-corrected chi connectivity index (χ0v) is 15.3. The smallest absolute Gasteiger partial charge is 0.373 e. The molecule has 0 saturated carbocycles. The van der Waals surface area contributed by atoms with Crippen LogP contribution in [0.5, 0.6) is 11.8 Å². The van der Waals surface area contributed by atoms with Crippen LogP contribution in [-0.4, -0.2) is 50.8 Å². The Hall–Kier alpha value is -3.24. The Kier molecular flexibility index (Phi) is 5.19. The van der Waals surface area contributed by atoms with Crippen molar-refractivity contribution >= 4 is 17.5 Å². The minimum Gasteiger partial charge on any atom is -0.469 e. The maximum Gasteiger partial charge on any atom is 0.373 e. The molecule has 3 heterocycles. The molecule has 0 radical (unpaired) electrons. The maximum absolute atomic E-state index is 11.7. The molecule has 11 nitrogen and oxygen atoms in total. The average molecular weight is 376 g/mol. The van der Waals surface area contributed by atoms with Gasteiger partial charge in [0.25, 0.3) is 0 Å². The van der Waals surface area contributed by atoms with E-state index in [1.807, 2.05) is 0 Å². The number of hydrogen-bond donors (Lipinski definition) is 0. The summed E-state index contributed by atoms with van der Waals surface area (Å²) in [6.45, 7) is 2.68. The Bertz CT molecular complexity index is 859. The van der Waals surface area contributed by atoms with Crippen molar-refractivity contribution in [1.29, 1.82) is 0 Å². The lowest BCUT2D eigenvalue weighted by atomic mass is 9.97. The van der Waals surface area contributed by atoms with E-state index in [-0.39, 0.29) is 29.3 Å². The van der Waals surface area contributed by atoms with Gasteiger partial charge in [-0.15, -0.1) is 0 Å². The third kappa shape index (κ3) is 3.81. The second kappa shape index (κ2) is 7.56. The van der Waals surface area contributed by atoms with Crippen molar-refractivity contribution in [2.75, 3.05) is 25.1 Å². The van der Waals surface area contributed by atoms with E-state index in [1.165, 1.54) is 18.1 Å². The van der Waals surface area contributed by atoms with E-state index in [0.717, 1.165) is 0 Å². The number of esters is 1. The van der Waals surface area contributed by atoms with Crippen LogP contribution in [0.2, 0.25) is 0 Å². The van der Waals surface area contributed by atoms with Crippen LogP contribution in [0.3, 0.4) is 0 Å². The Morgan fingerprint density at radius 1 is 1.33 bits per heavy atom. The SMILES string of the molecule is COC(=O)C1CCN(c2ncnc(Oc3cc(C)nn3C)c2[N+](=O)[O-])CC1. The summed E-state index contributed by atoms with van der Waals surface area (Å²) in [4.78, 5) is 32.6. The Balaban J connectivity index is 1.87. The van der Waals surface area contributed by atoms with E-state index in [1.54, 1.807) is 24.9 Å². The summed E-state index contributed by atoms with van der Waals surface area (Å²) in [6, 6.07) is 1.66. The topological polar surface area (TPSA) is 126 Å². The highest BCUT2D eigenvalue weighted by Crippen LogP contribution is 2.37. The van der Waals surface area contributed by atoms with Crippen LogP contribution in [0, 0.1) is 23.0 Å². The van der Waals surface area contributed by atoms with Gasteiger partial charge < -0.3 is 14.4 Å². The van der Waals surface area contributed by atoms with Gasteiger partial charge in [-0.05, 0) is 19.8 Å². The molecule has 2 aromatic heterocycles. The molecule has 0 N–H and O–H groups in total. The number of rotatable bonds is 5. The summed E-state index contributed by atoms with van der Waals surface area (Å²) in [7, 11) is 3.03. The summed E-state index contributed by atoms with van der Waals surface area (Å²) >= 11 is 0. The molecule has 0 aliphatic carbocycles. The minimum absolute atomic E-state index is 0.150. The highest BCUT2D eigenvalue weighted by Gasteiger charge is 2.33. The monoisotopic (exact) mass is 376 g/mol. The van der Waals surface area contributed by atoms with Gasteiger partial charge in [-0.2, -0.15) is 10.1 Å². The third-order valence-corrected chi connectivity index (χ3v) is 4.44. The molecular formula is C16H20N6O5. The fourth-order valence-electron chi connectivity index (χ4n) is 3.09. The first kappa shape index (κ1) is 18.5. The van der Waals surface area contributed by atoms with Gasteiger partial charge in [-0.3, -0.25) is 14.9 Å². The lowest BCUT2D eigenvalue weighted by Crippen LogP contribution is -2.37. The van der Waals surface area contributed by atoms with Crippen LogP contribution in [-0.2, 0) is 16.6 Å². The molecule has 0 spiro atoms. The van der Waals surface area contributed by atoms with Crippen molar-refractivity contribution in [2.45, 2.75) is 19.8 Å². The lowest BCUT2D eigenvalue weighted by molar-refractivity contribution is -0.385. The van der Waals surface area contributed by atoms with Crippen molar-refractivity contribution < 1.29 is 19.2 Å². The van der Waals surface area contributed by atoms with Gasteiger partial charge >= 0.3 is 17.5 Å². The predicted molar refractivity (Wildman–Crippen MR) is 93.7 cm³/mol. The number of carbonyl (C=O) groups excluding carboxylic acids is 1. The number of carbonyl (C=O) groups is 1. The molecule has 11 heteroatoms. The van der Waals surface area contributed by atoms with Crippen LogP contribution in [0.15, 0.2) is 12.4 Å². The number of nitro groups is 1.